The molecule has 5 nitrogen and oxygen atoms in total. The second kappa shape index (κ2) is 6.54. The van der Waals surface area contributed by atoms with Gasteiger partial charge in [0.15, 0.2) is 0 Å². The smallest absolute Gasteiger partial charge is 0.319 e. The molecule has 1 heterocycles. The number of phenols is 1. The van der Waals surface area contributed by atoms with Crippen LogP contribution in [-0.2, 0) is 0 Å². The maximum atomic E-state index is 12.1. The third kappa shape index (κ3) is 4.03. The van der Waals surface area contributed by atoms with Crippen molar-refractivity contribution in [2.24, 2.45) is 0 Å². The van der Waals surface area contributed by atoms with Gasteiger partial charge in [-0.3, -0.25) is 0 Å². The monoisotopic (exact) mass is 375 g/mol. The molecule has 0 atom stereocenters. The third-order valence-corrected chi connectivity index (χ3v) is 4.62. The van der Waals surface area contributed by atoms with Gasteiger partial charge in [-0.15, -0.1) is 11.3 Å². The summed E-state index contributed by atoms with van der Waals surface area (Å²) in [7, 11) is 0. The number of halogens is 1. The summed E-state index contributed by atoms with van der Waals surface area (Å²) in [5, 5.41) is 17.1. The maximum absolute atomic E-state index is 12.1. The van der Waals surface area contributed by atoms with Gasteiger partial charge in [-0.1, -0.05) is 23.7 Å². The molecule has 0 bridgehead atoms. The number of hydrogen-bond donors (Lipinski definition) is 3. The van der Waals surface area contributed by atoms with E-state index in [1.807, 2.05) is 45.0 Å². The fourth-order valence-electron chi connectivity index (χ4n) is 2.34. The number of phenolic OH excluding ortho intramolecular Hbond substituents is 1. The number of amides is 2. The number of nitrogens with zero attached hydrogens (tertiary/aromatic N) is 1. The molecule has 130 valence electrons. The van der Waals surface area contributed by atoms with E-state index in [1.165, 1.54) is 17.4 Å². The number of para-hydroxylation sites is 1. The Bertz CT molecular complexity index is 914. The van der Waals surface area contributed by atoms with Crippen molar-refractivity contribution < 1.29 is 9.90 Å². The Morgan fingerprint density at radius 1 is 1.24 bits per heavy atom. The van der Waals surface area contributed by atoms with Crippen LogP contribution in [-0.4, -0.2) is 21.7 Å². The number of carbonyl (C=O) groups is 1. The van der Waals surface area contributed by atoms with Crippen LogP contribution in [0.5, 0.6) is 5.75 Å². The second-order valence-electron chi connectivity index (χ2n) is 6.67. The average Bonchev–Trinajstić information content (AvgIpc) is 2.92. The molecular formula is C18H18ClN3O2S. The standard InChI is InChI=1S/C18H18ClN3O2S/c1-18(2,3)22-17(24)21-13-9-10(19)8-11(15(13)23)16-20-12-6-4-5-7-14(12)25-16/h4-9,23H,1-3H3,(H2,21,22,24). The van der Waals surface area contributed by atoms with Gasteiger partial charge < -0.3 is 15.7 Å². The first-order valence-electron chi connectivity index (χ1n) is 7.70. The molecule has 2 amide bonds. The molecule has 2 aromatic carbocycles. The average molecular weight is 376 g/mol. The van der Waals surface area contributed by atoms with Crippen molar-refractivity contribution in [3.05, 3.63) is 41.4 Å². The van der Waals surface area contributed by atoms with Crippen LogP contribution in [0.3, 0.4) is 0 Å². The highest BCUT2D eigenvalue weighted by Gasteiger charge is 2.19. The van der Waals surface area contributed by atoms with Crippen LogP contribution < -0.4 is 10.6 Å². The van der Waals surface area contributed by atoms with Gasteiger partial charge in [-0.05, 0) is 45.0 Å². The van der Waals surface area contributed by atoms with Crippen LogP contribution in [0.2, 0.25) is 5.02 Å². The fraction of sp³-hybridized carbons (Fsp3) is 0.222. The number of hydrogen-bond acceptors (Lipinski definition) is 4. The number of rotatable bonds is 2. The molecule has 0 unspecified atom stereocenters. The van der Waals surface area contributed by atoms with Crippen molar-refractivity contribution in [1.82, 2.24) is 10.3 Å². The number of aromatic nitrogens is 1. The van der Waals surface area contributed by atoms with E-state index in [9.17, 15) is 9.90 Å². The maximum Gasteiger partial charge on any atom is 0.319 e. The highest BCUT2D eigenvalue weighted by molar-refractivity contribution is 7.21. The molecule has 0 fully saturated rings. The number of nitrogens with one attached hydrogen (secondary N) is 2. The predicted octanol–water partition coefficient (Wildman–Crippen LogP) is 5.24. The van der Waals surface area contributed by atoms with Gasteiger partial charge in [0.25, 0.3) is 0 Å². The largest absolute Gasteiger partial charge is 0.505 e. The Kier molecular flexibility index (Phi) is 4.58. The first kappa shape index (κ1) is 17.5. The minimum absolute atomic E-state index is 0.0625. The van der Waals surface area contributed by atoms with Crippen molar-refractivity contribution in [2.75, 3.05) is 5.32 Å². The van der Waals surface area contributed by atoms with E-state index in [-0.39, 0.29) is 11.4 Å². The van der Waals surface area contributed by atoms with Crippen molar-refractivity contribution in [3.63, 3.8) is 0 Å². The van der Waals surface area contributed by atoms with Gasteiger partial charge >= 0.3 is 6.03 Å². The van der Waals surface area contributed by atoms with E-state index in [0.717, 1.165) is 10.2 Å². The molecule has 3 N–H and O–H groups in total. The van der Waals surface area contributed by atoms with Crippen molar-refractivity contribution >= 4 is 44.9 Å². The summed E-state index contributed by atoms with van der Waals surface area (Å²) in [5.74, 6) is -0.0625. The zero-order valence-corrected chi connectivity index (χ0v) is 15.6. The summed E-state index contributed by atoms with van der Waals surface area (Å²) in [4.78, 5) is 16.6. The molecule has 3 aromatic rings. The molecule has 1 aromatic heterocycles. The van der Waals surface area contributed by atoms with Crippen LogP contribution in [0.1, 0.15) is 20.8 Å². The van der Waals surface area contributed by atoms with Gasteiger partial charge in [0.05, 0.1) is 21.5 Å². The second-order valence-corrected chi connectivity index (χ2v) is 8.13. The molecule has 0 aliphatic rings. The molecule has 0 aliphatic heterocycles. The number of urea groups is 1. The summed E-state index contributed by atoms with van der Waals surface area (Å²) in [5.41, 5.74) is 1.18. The van der Waals surface area contributed by atoms with E-state index < -0.39 is 11.6 Å². The van der Waals surface area contributed by atoms with E-state index in [4.69, 9.17) is 11.6 Å². The summed E-state index contributed by atoms with van der Waals surface area (Å²) in [6.07, 6.45) is 0. The minimum atomic E-state index is -0.416. The van der Waals surface area contributed by atoms with E-state index in [0.29, 0.717) is 15.6 Å². The normalized spacial score (nSPS) is 11.5. The third-order valence-electron chi connectivity index (χ3n) is 3.34. The highest BCUT2D eigenvalue weighted by atomic mass is 35.5. The predicted molar refractivity (Wildman–Crippen MR) is 104 cm³/mol. The Morgan fingerprint density at radius 3 is 2.64 bits per heavy atom. The fourth-order valence-corrected chi connectivity index (χ4v) is 3.54. The zero-order chi connectivity index (χ0) is 18.2. The lowest BCUT2D eigenvalue weighted by Crippen LogP contribution is -2.43. The summed E-state index contributed by atoms with van der Waals surface area (Å²) in [6, 6.07) is 10.5. The molecule has 3 rings (SSSR count). The number of thiazole rings is 1. The number of aromatic hydroxyl groups is 1. The summed E-state index contributed by atoms with van der Waals surface area (Å²) >= 11 is 7.63. The number of benzene rings is 2. The molecule has 0 saturated carbocycles. The first-order valence-corrected chi connectivity index (χ1v) is 8.90. The molecule has 0 saturated heterocycles. The van der Waals surface area contributed by atoms with Crippen LogP contribution in [0, 0.1) is 0 Å². The molecular weight excluding hydrogens is 358 g/mol. The van der Waals surface area contributed by atoms with Crippen molar-refractivity contribution in [1.29, 1.82) is 0 Å². The Labute approximate surface area is 154 Å². The molecule has 0 aliphatic carbocycles. The Morgan fingerprint density at radius 2 is 1.96 bits per heavy atom. The first-order chi connectivity index (χ1) is 11.7. The van der Waals surface area contributed by atoms with Gasteiger partial charge in [0.1, 0.15) is 10.8 Å². The summed E-state index contributed by atoms with van der Waals surface area (Å²) in [6.45, 7) is 5.62. The lowest BCUT2D eigenvalue weighted by molar-refractivity contribution is 0.243. The van der Waals surface area contributed by atoms with Gasteiger partial charge in [-0.25, -0.2) is 9.78 Å². The molecule has 0 spiro atoms. The Balaban J connectivity index is 1.98. The van der Waals surface area contributed by atoms with E-state index >= 15 is 0 Å². The van der Waals surface area contributed by atoms with Gasteiger partial charge in [0, 0.05) is 10.6 Å². The van der Waals surface area contributed by atoms with Gasteiger partial charge in [-0.2, -0.15) is 0 Å². The lowest BCUT2D eigenvalue weighted by atomic mass is 10.1. The number of anilines is 1. The van der Waals surface area contributed by atoms with Crippen LogP contribution in [0.15, 0.2) is 36.4 Å². The van der Waals surface area contributed by atoms with E-state index in [2.05, 4.69) is 15.6 Å². The molecule has 0 radical (unpaired) electrons. The van der Waals surface area contributed by atoms with Crippen LogP contribution >= 0.6 is 22.9 Å². The van der Waals surface area contributed by atoms with Crippen LogP contribution in [0.25, 0.3) is 20.8 Å². The SMILES string of the molecule is CC(C)(C)NC(=O)Nc1cc(Cl)cc(-c2nc3ccccc3s2)c1O. The minimum Gasteiger partial charge on any atom is -0.505 e. The van der Waals surface area contributed by atoms with Crippen LogP contribution in [0.4, 0.5) is 10.5 Å². The van der Waals surface area contributed by atoms with Crippen molar-refractivity contribution in [3.8, 4) is 16.3 Å². The quantitative estimate of drug-likeness (QED) is 0.536. The topological polar surface area (TPSA) is 74.2 Å². The molecule has 25 heavy (non-hydrogen) atoms. The zero-order valence-electron chi connectivity index (χ0n) is 14.1. The van der Waals surface area contributed by atoms with Gasteiger partial charge in [0.2, 0.25) is 0 Å². The number of carbonyl (C=O) groups excluding carboxylic acids is 1. The van der Waals surface area contributed by atoms with Crippen molar-refractivity contribution in [2.45, 2.75) is 26.3 Å². The highest BCUT2D eigenvalue weighted by Crippen LogP contribution is 2.41. The summed E-state index contributed by atoms with van der Waals surface area (Å²) < 4.78 is 1.01. The lowest BCUT2D eigenvalue weighted by Gasteiger charge is -2.21. The van der Waals surface area contributed by atoms with E-state index in [1.54, 1.807) is 6.07 Å². The number of fused-ring (bicyclic) bond motifs is 1. The molecule has 7 heteroatoms. The Hall–Kier alpha value is -2.31.